The summed E-state index contributed by atoms with van der Waals surface area (Å²) in [4.78, 5) is 28.6. The van der Waals surface area contributed by atoms with Gasteiger partial charge in [0.1, 0.15) is 0 Å². The van der Waals surface area contributed by atoms with E-state index in [2.05, 4.69) is 11.9 Å². The summed E-state index contributed by atoms with van der Waals surface area (Å²) in [7, 11) is 0. The van der Waals surface area contributed by atoms with Gasteiger partial charge in [-0.15, -0.1) is 11.3 Å². The van der Waals surface area contributed by atoms with Crippen LogP contribution < -0.4 is 5.69 Å². The normalized spacial score (nSPS) is 11.0. The largest absolute Gasteiger partial charge is 0.333 e. The van der Waals surface area contributed by atoms with Crippen LogP contribution in [0.1, 0.15) is 40.6 Å². The molecule has 0 fully saturated rings. The maximum absolute atomic E-state index is 12.7. The van der Waals surface area contributed by atoms with Crippen molar-refractivity contribution in [2.45, 2.75) is 33.7 Å². The molecule has 0 spiro atoms. The van der Waals surface area contributed by atoms with Crippen molar-refractivity contribution in [2.75, 3.05) is 0 Å². The van der Waals surface area contributed by atoms with Gasteiger partial charge in [-0.1, -0.05) is 6.92 Å². The zero-order chi connectivity index (χ0) is 17.3. The number of ketones is 1. The lowest BCUT2D eigenvalue weighted by atomic mass is 10.1. The van der Waals surface area contributed by atoms with Gasteiger partial charge in [-0.05, 0) is 44.5 Å². The Morgan fingerprint density at radius 2 is 1.96 bits per heavy atom. The predicted molar refractivity (Wildman–Crippen MR) is 95.4 cm³/mol. The van der Waals surface area contributed by atoms with Gasteiger partial charge in [-0.3, -0.25) is 13.9 Å². The van der Waals surface area contributed by atoms with Crippen molar-refractivity contribution in [3.63, 3.8) is 0 Å². The number of thiazole rings is 1. The molecule has 1 aromatic carbocycles. The summed E-state index contributed by atoms with van der Waals surface area (Å²) in [5.74, 6) is 0.0125. The number of hydrogen-bond donors (Lipinski definition) is 0. The summed E-state index contributed by atoms with van der Waals surface area (Å²) in [6, 6.07) is 7.09. The molecular weight excluding hydrogens is 322 g/mol. The van der Waals surface area contributed by atoms with E-state index >= 15 is 0 Å². The second kappa shape index (κ2) is 6.57. The number of carbonyl (C=O) groups excluding carboxylic acids is 1. The number of aryl methyl sites for hydroxylation is 2. The molecule has 6 heteroatoms. The number of benzene rings is 1. The van der Waals surface area contributed by atoms with Crippen LogP contribution in [0.25, 0.3) is 5.69 Å². The van der Waals surface area contributed by atoms with E-state index in [0.29, 0.717) is 12.1 Å². The standard InChI is InChI=1S/C18H19N3O2S/c1-4-17-19-15(11-24-17)10-20-9-12(2)21(18(20)23)16-7-5-14(6-8-16)13(3)22/h5-9,11H,4,10H2,1-3H3. The van der Waals surface area contributed by atoms with Gasteiger partial charge < -0.3 is 0 Å². The highest BCUT2D eigenvalue weighted by atomic mass is 32.1. The second-order valence-corrected chi connectivity index (χ2v) is 6.65. The number of Topliss-reactive ketones (excluding diaryl/α,β-unsaturated/α-hetero) is 1. The van der Waals surface area contributed by atoms with E-state index < -0.39 is 0 Å². The van der Waals surface area contributed by atoms with Crippen molar-refractivity contribution in [1.82, 2.24) is 14.1 Å². The lowest BCUT2D eigenvalue weighted by Gasteiger charge is -2.05. The molecule has 3 rings (SSSR count). The minimum Gasteiger partial charge on any atom is -0.295 e. The third kappa shape index (κ3) is 3.10. The van der Waals surface area contributed by atoms with Gasteiger partial charge in [0.25, 0.3) is 0 Å². The van der Waals surface area contributed by atoms with Crippen molar-refractivity contribution >= 4 is 17.1 Å². The number of aromatic nitrogens is 3. The van der Waals surface area contributed by atoms with Crippen LogP contribution in [-0.4, -0.2) is 19.9 Å². The molecule has 2 heterocycles. The van der Waals surface area contributed by atoms with Crippen LogP contribution in [-0.2, 0) is 13.0 Å². The molecule has 0 saturated heterocycles. The molecule has 0 N–H and O–H groups in total. The summed E-state index contributed by atoms with van der Waals surface area (Å²) in [6.07, 6.45) is 2.74. The molecule has 0 atom stereocenters. The van der Waals surface area contributed by atoms with E-state index in [1.807, 2.05) is 18.5 Å². The number of rotatable bonds is 5. The van der Waals surface area contributed by atoms with Gasteiger partial charge in [-0.25, -0.2) is 9.78 Å². The number of hydrogen-bond acceptors (Lipinski definition) is 4. The number of imidazole rings is 1. The predicted octanol–water partition coefficient (Wildman–Crippen LogP) is 3.22. The molecule has 0 aliphatic rings. The summed E-state index contributed by atoms with van der Waals surface area (Å²) in [6.45, 7) is 5.96. The quantitative estimate of drug-likeness (QED) is 0.670. The maximum Gasteiger partial charge on any atom is 0.333 e. The van der Waals surface area contributed by atoms with Gasteiger partial charge in [-0.2, -0.15) is 0 Å². The molecule has 5 nitrogen and oxygen atoms in total. The topological polar surface area (TPSA) is 56.9 Å². The highest BCUT2D eigenvalue weighted by Gasteiger charge is 2.12. The molecule has 2 aromatic heterocycles. The SMILES string of the molecule is CCc1nc(Cn2cc(C)n(-c3ccc(C(C)=O)cc3)c2=O)cs1. The molecule has 0 bridgehead atoms. The molecule has 0 aliphatic heterocycles. The molecule has 3 aromatic rings. The minimum atomic E-state index is -0.103. The van der Waals surface area contributed by atoms with Crippen LogP contribution in [0.4, 0.5) is 0 Å². The van der Waals surface area contributed by atoms with Crippen molar-refractivity contribution in [3.05, 3.63) is 68.3 Å². The van der Waals surface area contributed by atoms with E-state index in [1.165, 1.54) is 6.92 Å². The minimum absolute atomic E-state index is 0.0125. The first kappa shape index (κ1) is 16.4. The van der Waals surface area contributed by atoms with Crippen LogP contribution in [0, 0.1) is 6.92 Å². The van der Waals surface area contributed by atoms with Crippen molar-refractivity contribution < 1.29 is 4.79 Å². The highest BCUT2D eigenvalue weighted by Crippen LogP contribution is 2.14. The van der Waals surface area contributed by atoms with Gasteiger partial charge >= 0.3 is 5.69 Å². The fourth-order valence-electron chi connectivity index (χ4n) is 2.65. The van der Waals surface area contributed by atoms with Crippen LogP contribution in [0.15, 0.2) is 40.6 Å². The van der Waals surface area contributed by atoms with Crippen LogP contribution in [0.2, 0.25) is 0 Å². The Labute approximate surface area is 144 Å². The summed E-state index contributed by atoms with van der Waals surface area (Å²) in [5.41, 5.74) is 3.05. The van der Waals surface area contributed by atoms with E-state index in [0.717, 1.165) is 28.5 Å². The smallest absolute Gasteiger partial charge is 0.295 e. The molecule has 0 saturated carbocycles. The first-order chi connectivity index (χ1) is 11.5. The lowest BCUT2D eigenvalue weighted by molar-refractivity contribution is 0.101. The zero-order valence-corrected chi connectivity index (χ0v) is 14.8. The van der Waals surface area contributed by atoms with Crippen LogP contribution in [0.5, 0.6) is 0 Å². The first-order valence-electron chi connectivity index (χ1n) is 7.83. The third-order valence-electron chi connectivity index (χ3n) is 3.90. The Morgan fingerprint density at radius 1 is 1.25 bits per heavy atom. The third-order valence-corrected chi connectivity index (χ3v) is 4.94. The Morgan fingerprint density at radius 3 is 2.54 bits per heavy atom. The molecule has 124 valence electrons. The van der Waals surface area contributed by atoms with Gasteiger partial charge in [0.2, 0.25) is 0 Å². The average Bonchev–Trinajstić information content (AvgIpc) is 3.12. The Balaban J connectivity index is 1.94. The molecular formula is C18H19N3O2S. The van der Waals surface area contributed by atoms with Gasteiger partial charge in [0.05, 0.1) is 22.9 Å². The van der Waals surface area contributed by atoms with E-state index in [4.69, 9.17) is 0 Å². The molecule has 24 heavy (non-hydrogen) atoms. The van der Waals surface area contributed by atoms with Gasteiger partial charge in [0, 0.05) is 22.8 Å². The molecule has 0 unspecified atom stereocenters. The Bertz CT molecular complexity index is 932. The fourth-order valence-corrected chi connectivity index (χ4v) is 3.38. The van der Waals surface area contributed by atoms with Crippen molar-refractivity contribution in [3.8, 4) is 5.69 Å². The lowest BCUT2D eigenvalue weighted by Crippen LogP contribution is -2.24. The summed E-state index contributed by atoms with van der Waals surface area (Å²) >= 11 is 1.62. The maximum atomic E-state index is 12.7. The Kier molecular flexibility index (Phi) is 4.49. The van der Waals surface area contributed by atoms with Crippen LogP contribution >= 0.6 is 11.3 Å². The monoisotopic (exact) mass is 341 g/mol. The van der Waals surface area contributed by atoms with Crippen molar-refractivity contribution in [1.29, 1.82) is 0 Å². The molecule has 0 amide bonds. The van der Waals surface area contributed by atoms with Crippen molar-refractivity contribution in [2.24, 2.45) is 0 Å². The fraction of sp³-hybridized carbons (Fsp3) is 0.278. The average molecular weight is 341 g/mol. The Hall–Kier alpha value is -2.47. The first-order valence-corrected chi connectivity index (χ1v) is 8.71. The summed E-state index contributed by atoms with van der Waals surface area (Å²) in [5, 5.41) is 3.08. The van der Waals surface area contributed by atoms with E-state index in [9.17, 15) is 9.59 Å². The number of nitrogens with zero attached hydrogens (tertiary/aromatic N) is 3. The second-order valence-electron chi connectivity index (χ2n) is 5.71. The zero-order valence-electron chi connectivity index (χ0n) is 13.9. The number of carbonyl (C=O) groups is 1. The molecule has 0 radical (unpaired) electrons. The molecule has 0 aliphatic carbocycles. The van der Waals surface area contributed by atoms with E-state index in [1.54, 1.807) is 44.7 Å². The van der Waals surface area contributed by atoms with Gasteiger partial charge in [0.15, 0.2) is 5.78 Å². The van der Waals surface area contributed by atoms with E-state index in [-0.39, 0.29) is 11.5 Å². The highest BCUT2D eigenvalue weighted by molar-refractivity contribution is 7.09. The van der Waals surface area contributed by atoms with Crippen LogP contribution in [0.3, 0.4) is 0 Å². The summed E-state index contributed by atoms with van der Waals surface area (Å²) < 4.78 is 3.32.